The summed E-state index contributed by atoms with van der Waals surface area (Å²) in [6.45, 7) is 9.59. The first-order chi connectivity index (χ1) is 6.20. The van der Waals surface area contributed by atoms with Gasteiger partial charge in [0.15, 0.2) is 0 Å². The summed E-state index contributed by atoms with van der Waals surface area (Å²) in [5.74, 6) is 0. The molecule has 0 aliphatic rings. The van der Waals surface area contributed by atoms with Crippen molar-refractivity contribution >= 4 is 41.8 Å². The Morgan fingerprint density at radius 1 is 0.846 bits per heavy atom. The molecule has 2 heteroatoms. The standard InChI is InChI=1S/C11H24Te2/c1-5-7-10(3)12-9-13-11(4)8-6-2/h10-11H,5-9H2,1-4H3. The molecule has 0 aromatic heterocycles. The van der Waals surface area contributed by atoms with Crippen LogP contribution in [0.25, 0.3) is 0 Å². The number of hydrogen-bond donors (Lipinski definition) is 0. The minimum atomic E-state index is 0.398. The van der Waals surface area contributed by atoms with Gasteiger partial charge in [0.25, 0.3) is 0 Å². The summed E-state index contributed by atoms with van der Waals surface area (Å²) in [5, 5.41) is 0. The fourth-order valence-electron chi connectivity index (χ4n) is 1.25. The van der Waals surface area contributed by atoms with Gasteiger partial charge in [0, 0.05) is 0 Å². The van der Waals surface area contributed by atoms with Crippen LogP contribution in [0.2, 0.25) is 10.4 Å². The third-order valence-corrected chi connectivity index (χ3v) is 12.7. The molecule has 0 spiro atoms. The van der Waals surface area contributed by atoms with E-state index in [1.807, 2.05) is 0 Å². The first kappa shape index (κ1) is 14.6. The molecule has 13 heavy (non-hydrogen) atoms. The summed E-state index contributed by atoms with van der Waals surface area (Å²) in [6, 6.07) is 0. The van der Waals surface area contributed by atoms with Crippen LogP contribution in [0.5, 0.6) is 0 Å². The Morgan fingerprint density at radius 3 is 1.54 bits per heavy atom. The van der Waals surface area contributed by atoms with E-state index in [9.17, 15) is 0 Å². The second kappa shape index (κ2) is 10.1. The van der Waals surface area contributed by atoms with E-state index >= 15 is 0 Å². The minimum absolute atomic E-state index is 0.398. The Kier molecular flexibility index (Phi) is 11.3. The van der Waals surface area contributed by atoms with Crippen LogP contribution in [0.15, 0.2) is 0 Å². The van der Waals surface area contributed by atoms with Crippen LogP contribution in [-0.2, 0) is 0 Å². The summed E-state index contributed by atoms with van der Waals surface area (Å²) < 4.78 is 3.95. The molecule has 0 heterocycles. The molecule has 0 N–H and O–H groups in total. The Bertz CT molecular complexity index is 92.3. The Morgan fingerprint density at radius 2 is 1.23 bits per heavy atom. The van der Waals surface area contributed by atoms with Gasteiger partial charge < -0.3 is 0 Å². The molecule has 0 bridgehead atoms. The summed E-state index contributed by atoms with van der Waals surface area (Å²) in [5.41, 5.74) is 0. The molecule has 0 aliphatic carbocycles. The van der Waals surface area contributed by atoms with Gasteiger partial charge in [0.1, 0.15) is 0 Å². The Hall–Kier alpha value is 1.58. The second-order valence-corrected chi connectivity index (χ2v) is 15.3. The normalized spacial score (nSPS) is 15.7. The van der Waals surface area contributed by atoms with Crippen LogP contribution in [0.3, 0.4) is 0 Å². The molecule has 0 rings (SSSR count). The average Bonchev–Trinajstić information content (AvgIpc) is 2.05. The molecule has 0 aliphatic heterocycles. The summed E-state index contributed by atoms with van der Waals surface area (Å²) >= 11 is 0.797. The van der Waals surface area contributed by atoms with Crippen molar-refractivity contribution in [3.8, 4) is 0 Å². The molecular weight excluding hydrogens is 387 g/mol. The second-order valence-electron chi connectivity index (χ2n) is 3.65. The average molecular weight is 412 g/mol. The quantitative estimate of drug-likeness (QED) is 0.530. The summed E-state index contributed by atoms with van der Waals surface area (Å²) in [7, 11) is 0. The maximum absolute atomic E-state index is 2.48. The van der Waals surface area contributed by atoms with Gasteiger partial charge in [-0.15, -0.1) is 0 Å². The Labute approximate surface area is 105 Å². The van der Waals surface area contributed by atoms with Crippen molar-refractivity contribution in [2.24, 2.45) is 0 Å². The van der Waals surface area contributed by atoms with E-state index in [1.54, 1.807) is 2.52 Å². The van der Waals surface area contributed by atoms with Gasteiger partial charge in [-0.3, -0.25) is 0 Å². The SMILES string of the molecule is CCCC(C)[Te]C[Te]C(C)CCC. The van der Waals surface area contributed by atoms with Crippen molar-refractivity contribution in [2.45, 2.75) is 63.8 Å². The number of hydrogen-bond acceptors (Lipinski definition) is 0. The third kappa shape index (κ3) is 9.87. The van der Waals surface area contributed by atoms with E-state index < -0.39 is 0 Å². The van der Waals surface area contributed by atoms with E-state index in [0.29, 0.717) is 41.8 Å². The van der Waals surface area contributed by atoms with Crippen LogP contribution >= 0.6 is 0 Å². The van der Waals surface area contributed by atoms with Gasteiger partial charge in [-0.05, 0) is 0 Å². The molecule has 0 aromatic rings. The van der Waals surface area contributed by atoms with Crippen molar-refractivity contribution < 1.29 is 0 Å². The van der Waals surface area contributed by atoms with Gasteiger partial charge in [0.2, 0.25) is 0 Å². The van der Waals surface area contributed by atoms with Gasteiger partial charge in [0.05, 0.1) is 0 Å². The molecule has 2 unspecified atom stereocenters. The van der Waals surface area contributed by atoms with Crippen molar-refractivity contribution in [3.05, 3.63) is 0 Å². The van der Waals surface area contributed by atoms with Crippen LogP contribution in [0.1, 0.15) is 53.4 Å². The van der Waals surface area contributed by atoms with Crippen LogP contribution < -0.4 is 0 Å². The molecule has 0 saturated carbocycles. The Balaban J connectivity index is 3.23. The first-order valence-electron chi connectivity index (χ1n) is 5.43. The first-order valence-corrected chi connectivity index (χ1v) is 11.4. The topological polar surface area (TPSA) is 0 Å². The zero-order valence-corrected chi connectivity index (χ0v) is 14.2. The van der Waals surface area contributed by atoms with E-state index in [1.165, 1.54) is 25.7 Å². The zero-order chi connectivity index (χ0) is 10.1. The molecule has 2 atom stereocenters. The summed E-state index contributed by atoms with van der Waals surface area (Å²) in [6.07, 6.45) is 5.79. The van der Waals surface area contributed by atoms with E-state index in [4.69, 9.17) is 0 Å². The van der Waals surface area contributed by atoms with Gasteiger partial charge in [-0.25, -0.2) is 0 Å². The predicted molar refractivity (Wildman–Crippen MR) is 65.0 cm³/mol. The van der Waals surface area contributed by atoms with Gasteiger partial charge in [-0.1, -0.05) is 0 Å². The molecule has 0 radical (unpaired) electrons. The molecule has 80 valence electrons. The van der Waals surface area contributed by atoms with Crippen LogP contribution in [0.4, 0.5) is 0 Å². The fourth-order valence-corrected chi connectivity index (χ4v) is 15.5. The molecular formula is C11H24Te2. The van der Waals surface area contributed by atoms with Crippen molar-refractivity contribution in [1.82, 2.24) is 0 Å². The van der Waals surface area contributed by atoms with Gasteiger partial charge >= 0.3 is 106 Å². The van der Waals surface area contributed by atoms with E-state index in [0.717, 1.165) is 7.93 Å². The fraction of sp³-hybridized carbons (Fsp3) is 1.00. The van der Waals surface area contributed by atoms with Crippen molar-refractivity contribution in [1.29, 1.82) is 0 Å². The monoisotopic (exact) mass is 416 g/mol. The molecule has 0 aromatic carbocycles. The summed E-state index contributed by atoms with van der Waals surface area (Å²) in [4.78, 5) is 0. The molecule has 0 nitrogen and oxygen atoms in total. The van der Waals surface area contributed by atoms with Gasteiger partial charge in [-0.2, -0.15) is 0 Å². The predicted octanol–water partition coefficient (Wildman–Crippen LogP) is 3.99. The van der Waals surface area contributed by atoms with E-state index in [2.05, 4.69) is 27.7 Å². The zero-order valence-electron chi connectivity index (χ0n) is 9.51. The molecule has 0 fully saturated rings. The van der Waals surface area contributed by atoms with Crippen molar-refractivity contribution in [2.75, 3.05) is 0 Å². The van der Waals surface area contributed by atoms with Crippen molar-refractivity contribution in [3.63, 3.8) is 0 Å². The number of rotatable bonds is 8. The maximum atomic E-state index is 2.48. The van der Waals surface area contributed by atoms with Crippen LogP contribution in [0, 0.1) is 0 Å². The van der Waals surface area contributed by atoms with E-state index in [-0.39, 0.29) is 0 Å². The third-order valence-electron chi connectivity index (χ3n) is 2.10. The molecule has 0 saturated heterocycles. The molecule has 0 amide bonds. The van der Waals surface area contributed by atoms with Crippen LogP contribution in [-0.4, -0.2) is 41.8 Å².